The molecule has 0 atom stereocenters. The summed E-state index contributed by atoms with van der Waals surface area (Å²) in [6.45, 7) is 4.43. The van der Waals surface area contributed by atoms with Gasteiger partial charge in [0.05, 0.1) is 11.3 Å². The Kier molecular flexibility index (Phi) is 7.59. The van der Waals surface area contributed by atoms with Crippen LogP contribution in [0.3, 0.4) is 0 Å². The van der Waals surface area contributed by atoms with E-state index >= 15 is 0 Å². The Bertz CT molecular complexity index is 1620. The molecule has 5 rings (SSSR count). The molecule has 0 spiro atoms. The number of halogens is 3. The molecule has 0 aliphatic heterocycles. The molecule has 0 saturated carbocycles. The number of amides is 1. The Hall–Kier alpha value is -2.50. The highest BCUT2D eigenvalue weighted by atomic mass is 79.9. The number of carbonyl (C=O) groups excluding carboxylic acids is 1. The number of hydrogen-bond acceptors (Lipinski definition) is 7. The van der Waals surface area contributed by atoms with Gasteiger partial charge in [-0.1, -0.05) is 57.0 Å². The molecule has 3 heterocycles. The molecule has 0 aliphatic carbocycles. The van der Waals surface area contributed by atoms with Crippen LogP contribution in [-0.2, 0) is 17.8 Å². The lowest BCUT2D eigenvalue weighted by molar-refractivity contribution is -0.113. The van der Waals surface area contributed by atoms with Crippen molar-refractivity contribution in [1.82, 2.24) is 24.7 Å². The highest BCUT2D eigenvalue weighted by molar-refractivity contribution is 9.10. The van der Waals surface area contributed by atoms with Gasteiger partial charge in [0.1, 0.15) is 5.52 Å². The number of thiazole rings is 1. The van der Waals surface area contributed by atoms with E-state index < -0.39 is 0 Å². The molecule has 36 heavy (non-hydrogen) atoms. The number of rotatable bonds is 8. The fraction of sp³-hybridized carbons (Fsp3) is 0.125. The van der Waals surface area contributed by atoms with Gasteiger partial charge in [-0.2, -0.15) is 0 Å². The molecule has 0 radical (unpaired) electrons. The first kappa shape index (κ1) is 25.2. The molecule has 0 bridgehead atoms. The van der Waals surface area contributed by atoms with Gasteiger partial charge >= 0.3 is 0 Å². The number of nitrogens with zero attached hydrogens (tertiary/aromatic N) is 5. The van der Waals surface area contributed by atoms with Crippen molar-refractivity contribution in [3.8, 4) is 0 Å². The minimum Gasteiger partial charge on any atom is -0.320 e. The maximum atomic E-state index is 12.6. The summed E-state index contributed by atoms with van der Waals surface area (Å²) in [6.07, 6.45) is 4.12. The van der Waals surface area contributed by atoms with Crippen molar-refractivity contribution in [1.29, 1.82) is 0 Å². The van der Waals surface area contributed by atoms with Crippen LogP contribution < -0.4 is 5.32 Å². The number of anilines is 1. The molecule has 1 amide bonds. The van der Waals surface area contributed by atoms with E-state index in [9.17, 15) is 4.79 Å². The summed E-state index contributed by atoms with van der Waals surface area (Å²) in [5.41, 5.74) is 3.30. The van der Waals surface area contributed by atoms with Crippen molar-refractivity contribution in [2.24, 2.45) is 0 Å². The number of carbonyl (C=O) groups is 1. The quantitative estimate of drug-likeness (QED) is 0.148. The Morgan fingerprint density at radius 3 is 2.92 bits per heavy atom. The van der Waals surface area contributed by atoms with Crippen LogP contribution in [0.15, 0.2) is 64.9 Å². The van der Waals surface area contributed by atoms with Crippen LogP contribution in [0.4, 0.5) is 5.13 Å². The summed E-state index contributed by atoms with van der Waals surface area (Å²) in [5, 5.41) is 14.6. The van der Waals surface area contributed by atoms with Crippen LogP contribution in [0.1, 0.15) is 10.4 Å². The maximum absolute atomic E-state index is 12.6. The Balaban J connectivity index is 1.27. The lowest BCUT2D eigenvalue weighted by Crippen LogP contribution is -2.14. The molecule has 0 unspecified atom stereocenters. The first-order valence-corrected chi connectivity index (χ1v) is 14.0. The predicted molar refractivity (Wildman–Crippen MR) is 151 cm³/mol. The molecule has 0 fully saturated rings. The molecular weight excluding hydrogens is 603 g/mol. The average molecular weight is 620 g/mol. The number of aromatic nitrogens is 5. The standard InChI is InChI=1S/C24H17BrCl2N6OS2/c1-2-7-33-19-6-3-14(25)10-17(19)21-22(33)30-24(32-31-21)35-12-20(34)29-23-28-11-16(36-23)9-13-8-15(26)4-5-18(13)27/h2-6,8,10-11H,1,7,9,12H2,(H,28,29,34). The number of thioether (sulfide) groups is 1. The first-order valence-electron chi connectivity index (χ1n) is 10.7. The van der Waals surface area contributed by atoms with Gasteiger partial charge in [-0.05, 0) is 42.0 Å². The summed E-state index contributed by atoms with van der Waals surface area (Å²) in [5.74, 6) is -0.0870. The summed E-state index contributed by atoms with van der Waals surface area (Å²) >= 11 is 18.4. The second kappa shape index (κ2) is 10.9. The van der Waals surface area contributed by atoms with Crippen molar-refractivity contribution >= 4 is 95.3 Å². The first-order chi connectivity index (χ1) is 17.4. The van der Waals surface area contributed by atoms with Crippen molar-refractivity contribution in [3.63, 3.8) is 0 Å². The lowest BCUT2D eigenvalue weighted by Gasteiger charge is -2.04. The van der Waals surface area contributed by atoms with Gasteiger partial charge < -0.3 is 9.88 Å². The van der Waals surface area contributed by atoms with Gasteiger partial charge in [-0.25, -0.2) is 9.97 Å². The van der Waals surface area contributed by atoms with E-state index in [-0.39, 0.29) is 11.7 Å². The Morgan fingerprint density at radius 1 is 1.22 bits per heavy atom. The predicted octanol–water partition coefficient (Wildman–Crippen LogP) is 7.01. The van der Waals surface area contributed by atoms with Crippen LogP contribution >= 0.6 is 62.2 Å². The third-order valence-corrected chi connectivity index (χ3v) is 8.07. The van der Waals surface area contributed by atoms with Crippen molar-refractivity contribution in [2.45, 2.75) is 18.1 Å². The molecule has 5 aromatic rings. The smallest absolute Gasteiger partial charge is 0.236 e. The van der Waals surface area contributed by atoms with Crippen LogP contribution in [0.2, 0.25) is 10.0 Å². The van der Waals surface area contributed by atoms with E-state index in [1.807, 2.05) is 34.9 Å². The molecule has 3 aromatic heterocycles. The SMILES string of the molecule is C=CCn1c2ccc(Br)cc2c2nnc(SCC(=O)Nc3ncc(Cc4cc(Cl)ccc4Cl)s3)nc21. The normalized spacial score (nSPS) is 11.3. The van der Waals surface area contributed by atoms with Crippen LogP contribution in [0, 0.1) is 0 Å². The topological polar surface area (TPSA) is 85.6 Å². The molecule has 2 aromatic carbocycles. The minimum absolute atomic E-state index is 0.120. The van der Waals surface area contributed by atoms with Gasteiger partial charge in [0.25, 0.3) is 0 Å². The second-order valence-corrected chi connectivity index (χ2v) is 11.5. The Labute approximate surface area is 233 Å². The zero-order valence-electron chi connectivity index (χ0n) is 18.5. The number of fused-ring (bicyclic) bond motifs is 3. The highest BCUT2D eigenvalue weighted by Crippen LogP contribution is 2.30. The summed E-state index contributed by atoms with van der Waals surface area (Å²) in [4.78, 5) is 22.5. The lowest BCUT2D eigenvalue weighted by atomic mass is 10.1. The van der Waals surface area contributed by atoms with E-state index in [0.717, 1.165) is 25.8 Å². The maximum Gasteiger partial charge on any atom is 0.236 e. The van der Waals surface area contributed by atoms with Crippen LogP contribution in [0.25, 0.3) is 22.1 Å². The van der Waals surface area contributed by atoms with E-state index in [0.29, 0.717) is 44.5 Å². The van der Waals surface area contributed by atoms with E-state index in [1.54, 1.807) is 18.3 Å². The Morgan fingerprint density at radius 2 is 2.08 bits per heavy atom. The third-order valence-electron chi connectivity index (χ3n) is 5.23. The number of benzene rings is 2. The average Bonchev–Trinajstić information content (AvgIpc) is 3.42. The van der Waals surface area contributed by atoms with Crippen molar-refractivity contribution < 1.29 is 4.79 Å². The number of hydrogen-bond donors (Lipinski definition) is 1. The zero-order valence-corrected chi connectivity index (χ0v) is 23.3. The van der Waals surface area contributed by atoms with Crippen LogP contribution in [-0.4, -0.2) is 36.4 Å². The van der Waals surface area contributed by atoms with Gasteiger partial charge in [0.2, 0.25) is 11.1 Å². The molecule has 0 aliphatic rings. The van der Waals surface area contributed by atoms with Crippen molar-refractivity contribution in [2.75, 3.05) is 11.1 Å². The van der Waals surface area contributed by atoms with E-state index in [4.69, 9.17) is 23.2 Å². The molecule has 0 saturated heterocycles. The van der Waals surface area contributed by atoms with E-state index in [2.05, 4.69) is 48.0 Å². The zero-order chi connectivity index (χ0) is 25.2. The second-order valence-electron chi connectivity index (χ2n) is 7.71. The molecule has 7 nitrogen and oxygen atoms in total. The molecular formula is C24H17BrCl2N6OS2. The summed E-state index contributed by atoms with van der Waals surface area (Å²) in [6, 6.07) is 11.3. The largest absolute Gasteiger partial charge is 0.320 e. The number of nitrogens with one attached hydrogen (secondary N) is 1. The monoisotopic (exact) mass is 618 g/mol. The van der Waals surface area contributed by atoms with Gasteiger partial charge in [-0.15, -0.1) is 28.1 Å². The van der Waals surface area contributed by atoms with Gasteiger partial charge in [-0.3, -0.25) is 4.79 Å². The van der Waals surface area contributed by atoms with E-state index in [1.165, 1.54) is 23.1 Å². The third kappa shape index (κ3) is 5.42. The fourth-order valence-corrected chi connectivity index (χ4v) is 5.86. The molecule has 12 heteroatoms. The summed E-state index contributed by atoms with van der Waals surface area (Å²) < 4.78 is 2.98. The minimum atomic E-state index is -0.207. The molecule has 1 N–H and O–H groups in total. The summed E-state index contributed by atoms with van der Waals surface area (Å²) in [7, 11) is 0. The van der Waals surface area contributed by atoms with Gasteiger partial charge in [0, 0.05) is 43.9 Å². The molecule has 182 valence electrons. The van der Waals surface area contributed by atoms with Crippen molar-refractivity contribution in [3.05, 3.63) is 80.2 Å². The highest BCUT2D eigenvalue weighted by Gasteiger charge is 2.16. The fourth-order valence-electron chi connectivity index (χ4n) is 3.69. The van der Waals surface area contributed by atoms with Crippen LogP contribution in [0.5, 0.6) is 0 Å². The van der Waals surface area contributed by atoms with Gasteiger partial charge in [0.15, 0.2) is 10.8 Å². The number of allylic oxidation sites excluding steroid dienone is 1.